The van der Waals surface area contributed by atoms with E-state index in [4.69, 9.17) is 0 Å². The normalized spacial score (nSPS) is 17.0. The van der Waals surface area contributed by atoms with Crippen LogP contribution in [0.3, 0.4) is 0 Å². The Hall–Kier alpha value is -1.49. The Morgan fingerprint density at radius 2 is 2.16 bits per heavy atom. The van der Waals surface area contributed by atoms with Gasteiger partial charge in [-0.25, -0.2) is 0 Å². The summed E-state index contributed by atoms with van der Waals surface area (Å²) in [5, 5.41) is 14.6. The van der Waals surface area contributed by atoms with Crippen molar-refractivity contribution in [1.29, 1.82) is 0 Å². The van der Waals surface area contributed by atoms with E-state index in [0.717, 1.165) is 12.1 Å². The van der Waals surface area contributed by atoms with Crippen molar-refractivity contribution < 1.29 is 4.92 Å². The molecule has 1 fully saturated rings. The van der Waals surface area contributed by atoms with E-state index in [0.29, 0.717) is 17.7 Å². The minimum absolute atomic E-state index is 0.200. The molecule has 19 heavy (non-hydrogen) atoms. The summed E-state index contributed by atoms with van der Waals surface area (Å²) in [6.07, 6.45) is 6.34. The predicted octanol–water partition coefficient (Wildman–Crippen LogP) is 3.03. The third-order valence-corrected chi connectivity index (χ3v) is 4.38. The van der Waals surface area contributed by atoms with Crippen molar-refractivity contribution in [3.05, 3.63) is 33.1 Å². The molecule has 0 aliphatic heterocycles. The molecule has 0 radical (unpaired) electrons. The molecule has 0 saturated heterocycles. The number of nitrogens with zero attached hydrogens (tertiary/aromatic N) is 2. The molecule has 1 aliphatic rings. The number of aromatic nitrogens is 1. The predicted molar refractivity (Wildman–Crippen MR) is 74.1 cm³/mol. The van der Waals surface area contributed by atoms with Crippen LogP contribution in [-0.2, 0) is 6.54 Å². The molecule has 5 nitrogen and oxygen atoms in total. The molecule has 104 valence electrons. The van der Waals surface area contributed by atoms with E-state index >= 15 is 0 Å². The van der Waals surface area contributed by atoms with Gasteiger partial charge in [-0.3, -0.25) is 15.1 Å². The van der Waals surface area contributed by atoms with Crippen LogP contribution in [0.2, 0.25) is 0 Å². The standard InChI is InChI=1S/C14H21N3O2/c1-4-14(6-5-7-14)16-9-12-11(3)13(17(18)19)10(2)8-15-12/h8,16H,4-7,9H2,1-3H3. The molecule has 2 rings (SSSR count). The second kappa shape index (κ2) is 5.25. The van der Waals surface area contributed by atoms with E-state index in [1.165, 1.54) is 19.3 Å². The molecule has 1 aromatic rings. The van der Waals surface area contributed by atoms with Gasteiger partial charge in [-0.05, 0) is 39.5 Å². The Labute approximate surface area is 113 Å². The van der Waals surface area contributed by atoms with Crippen molar-refractivity contribution in [2.24, 2.45) is 0 Å². The highest BCUT2D eigenvalue weighted by molar-refractivity contribution is 5.47. The van der Waals surface area contributed by atoms with Crippen LogP contribution in [0.15, 0.2) is 6.20 Å². The highest BCUT2D eigenvalue weighted by Crippen LogP contribution is 2.35. The molecule has 1 aromatic heterocycles. The van der Waals surface area contributed by atoms with Crippen LogP contribution in [0.1, 0.15) is 49.4 Å². The lowest BCUT2D eigenvalue weighted by Gasteiger charge is -2.42. The fourth-order valence-electron chi connectivity index (χ4n) is 2.75. The number of pyridine rings is 1. The van der Waals surface area contributed by atoms with Gasteiger partial charge in [0.15, 0.2) is 0 Å². The summed E-state index contributed by atoms with van der Waals surface area (Å²) in [5.41, 5.74) is 2.53. The Morgan fingerprint density at radius 3 is 2.63 bits per heavy atom. The topological polar surface area (TPSA) is 68.1 Å². The lowest BCUT2D eigenvalue weighted by Crippen LogP contribution is -2.50. The second-order valence-electron chi connectivity index (χ2n) is 5.46. The number of hydrogen-bond acceptors (Lipinski definition) is 4. The highest BCUT2D eigenvalue weighted by atomic mass is 16.6. The zero-order chi connectivity index (χ0) is 14.0. The van der Waals surface area contributed by atoms with Crippen LogP contribution in [-0.4, -0.2) is 15.4 Å². The van der Waals surface area contributed by atoms with Gasteiger partial charge in [0.05, 0.1) is 10.6 Å². The molecule has 1 heterocycles. The molecule has 0 amide bonds. The Balaban J connectivity index is 2.17. The maximum absolute atomic E-state index is 11.1. The molecular formula is C14H21N3O2. The van der Waals surface area contributed by atoms with E-state index in [1.807, 2.05) is 0 Å². The summed E-state index contributed by atoms with van der Waals surface area (Å²) in [6.45, 7) is 6.31. The summed E-state index contributed by atoms with van der Waals surface area (Å²) in [4.78, 5) is 15.1. The third-order valence-electron chi connectivity index (χ3n) is 4.38. The van der Waals surface area contributed by atoms with Crippen LogP contribution in [0.25, 0.3) is 0 Å². The average Bonchev–Trinajstić information content (AvgIpc) is 2.30. The summed E-state index contributed by atoms with van der Waals surface area (Å²) in [6, 6.07) is 0. The van der Waals surface area contributed by atoms with Crippen LogP contribution in [0, 0.1) is 24.0 Å². The molecular weight excluding hydrogens is 242 g/mol. The van der Waals surface area contributed by atoms with E-state index < -0.39 is 0 Å². The summed E-state index contributed by atoms with van der Waals surface area (Å²) in [5.74, 6) is 0. The van der Waals surface area contributed by atoms with Crippen LogP contribution in [0.5, 0.6) is 0 Å². The van der Waals surface area contributed by atoms with Crippen molar-refractivity contribution in [3.63, 3.8) is 0 Å². The molecule has 0 atom stereocenters. The first-order valence-electron chi connectivity index (χ1n) is 6.83. The fourth-order valence-corrected chi connectivity index (χ4v) is 2.75. The second-order valence-corrected chi connectivity index (χ2v) is 5.46. The molecule has 1 N–H and O–H groups in total. The van der Waals surface area contributed by atoms with Crippen LogP contribution in [0.4, 0.5) is 5.69 Å². The molecule has 1 saturated carbocycles. The number of hydrogen-bond donors (Lipinski definition) is 1. The van der Waals surface area contributed by atoms with E-state index in [2.05, 4.69) is 17.2 Å². The van der Waals surface area contributed by atoms with Crippen molar-refractivity contribution >= 4 is 5.69 Å². The first-order chi connectivity index (χ1) is 8.99. The van der Waals surface area contributed by atoms with Gasteiger partial charge in [0, 0.05) is 29.4 Å². The van der Waals surface area contributed by atoms with Crippen LogP contribution >= 0.6 is 0 Å². The Morgan fingerprint density at radius 1 is 1.47 bits per heavy atom. The zero-order valence-corrected chi connectivity index (χ0v) is 11.8. The minimum Gasteiger partial charge on any atom is -0.306 e. The third kappa shape index (κ3) is 2.61. The first kappa shape index (κ1) is 13.9. The Bertz CT molecular complexity index is 490. The van der Waals surface area contributed by atoms with Crippen molar-refractivity contribution in [2.75, 3.05) is 0 Å². The van der Waals surface area contributed by atoms with Gasteiger partial charge in [-0.2, -0.15) is 0 Å². The molecule has 0 aromatic carbocycles. The van der Waals surface area contributed by atoms with Crippen molar-refractivity contribution in [2.45, 2.75) is 58.5 Å². The monoisotopic (exact) mass is 263 g/mol. The maximum atomic E-state index is 11.1. The SMILES string of the molecule is CCC1(NCc2ncc(C)c([N+](=O)[O-])c2C)CCC1. The minimum atomic E-state index is -0.311. The zero-order valence-electron chi connectivity index (χ0n) is 11.8. The van der Waals surface area contributed by atoms with Gasteiger partial charge in [0.25, 0.3) is 5.69 Å². The molecule has 0 spiro atoms. The van der Waals surface area contributed by atoms with E-state index in [9.17, 15) is 10.1 Å². The van der Waals surface area contributed by atoms with Crippen molar-refractivity contribution in [1.82, 2.24) is 10.3 Å². The molecule has 1 aliphatic carbocycles. The molecule has 0 unspecified atom stereocenters. The number of aryl methyl sites for hydroxylation is 1. The fraction of sp³-hybridized carbons (Fsp3) is 0.643. The smallest absolute Gasteiger partial charge is 0.278 e. The lowest BCUT2D eigenvalue weighted by molar-refractivity contribution is -0.386. The van der Waals surface area contributed by atoms with Crippen molar-refractivity contribution in [3.8, 4) is 0 Å². The van der Waals surface area contributed by atoms with Gasteiger partial charge >= 0.3 is 0 Å². The van der Waals surface area contributed by atoms with Gasteiger partial charge in [0.1, 0.15) is 0 Å². The Kier molecular flexibility index (Phi) is 3.85. The first-order valence-corrected chi connectivity index (χ1v) is 6.83. The molecule has 5 heteroatoms. The van der Waals surface area contributed by atoms with E-state index in [1.54, 1.807) is 20.0 Å². The lowest BCUT2D eigenvalue weighted by atomic mass is 9.75. The largest absolute Gasteiger partial charge is 0.306 e. The van der Waals surface area contributed by atoms with Gasteiger partial charge in [-0.15, -0.1) is 0 Å². The van der Waals surface area contributed by atoms with Crippen LogP contribution < -0.4 is 5.32 Å². The number of rotatable bonds is 5. The van der Waals surface area contributed by atoms with Gasteiger partial charge in [0.2, 0.25) is 0 Å². The summed E-state index contributed by atoms with van der Waals surface area (Å²) in [7, 11) is 0. The summed E-state index contributed by atoms with van der Waals surface area (Å²) >= 11 is 0. The van der Waals surface area contributed by atoms with Gasteiger partial charge < -0.3 is 5.32 Å². The summed E-state index contributed by atoms with van der Waals surface area (Å²) < 4.78 is 0. The average molecular weight is 263 g/mol. The molecule has 0 bridgehead atoms. The number of nitrogens with one attached hydrogen (secondary N) is 1. The van der Waals surface area contributed by atoms with Gasteiger partial charge in [-0.1, -0.05) is 6.92 Å². The quantitative estimate of drug-likeness (QED) is 0.655. The number of nitro groups is 1. The van der Waals surface area contributed by atoms with E-state index in [-0.39, 0.29) is 16.1 Å². The maximum Gasteiger partial charge on any atom is 0.278 e. The highest BCUT2D eigenvalue weighted by Gasteiger charge is 2.34.